The second kappa shape index (κ2) is 6.59. The maximum Gasteiger partial charge on any atom is 0.335 e. The number of benzene rings is 1. The van der Waals surface area contributed by atoms with Crippen molar-refractivity contribution in [2.75, 3.05) is 26.2 Å². The zero-order valence-electron chi connectivity index (χ0n) is 14.5. The highest BCUT2D eigenvalue weighted by atomic mass is 16.4. The minimum absolute atomic E-state index is 0.000739. The van der Waals surface area contributed by atoms with Crippen molar-refractivity contribution in [2.45, 2.75) is 45.4 Å². The Morgan fingerprint density at radius 3 is 2.30 bits per heavy atom. The van der Waals surface area contributed by atoms with Crippen molar-refractivity contribution in [1.29, 1.82) is 0 Å². The van der Waals surface area contributed by atoms with Crippen LogP contribution in [0.5, 0.6) is 0 Å². The van der Waals surface area contributed by atoms with Crippen LogP contribution in [0.4, 0.5) is 0 Å². The molecule has 23 heavy (non-hydrogen) atoms. The fourth-order valence-electron chi connectivity index (χ4n) is 3.20. The summed E-state index contributed by atoms with van der Waals surface area (Å²) in [5.74, 6) is -0.891. The predicted octanol–water partition coefficient (Wildman–Crippen LogP) is 2.05. The smallest absolute Gasteiger partial charge is 0.335 e. The lowest BCUT2D eigenvalue weighted by Gasteiger charge is -2.49. The van der Waals surface area contributed by atoms with Gasteiger partial charge in [-0.25, -0.2) is 4.79 Å². The third-order valence-electron chi connectivity index (χ3n) is 4.34. The van der Waals surface area contributed by atoms with Gasteiger partial charge in [-0.05, 0) is 45.4 Å². The summed E-state index contributed by atoms with van der Waals surface area (Å²) >= 11 is 0. The second-order valence-electron chi connectivity index (χ2n) is 7.76. The van der Waals surface area contributed by atoms with Gasteiger partial charge in [0.05, 0.1) is 11.2 Å². The summed E-state index contributed by atoms with van der Waals surface area (Å²) in [5, 5.41) is 19.0. The van der Waals surface area contributed by atoms with E-state index in [1.165, 1.54) is 0 Å². The van der Waals surface area contributed by atoms with E-state index < -0.39 is 11.6 Å². The highest BCUT2D eigenvalue weighted by molar-refractivity contribution is 5.87. The Kier molecular flexibility index (Phi) is 5.14. The van der Waals surface area contributed by atoms with Gasteiger partial charge in [0.2, 0.25) is 0 Å². The summed E-state index contributed by atoms with van der Waals surface area (Å²) in [6, 6.07) is 7.10. The molecule has 0 spiro atoms. The van der Waals surface area contributed by atoms with Gasteiger partial charge in [-0.1, -0.05) is 12.1 Å². The maximum absolute atomic E-state index is 10.9. The third-order valence-corrected chi connectivity index (χ3v) is 4.34. The monoisotopic (exact) mass is 320 g/mol. The van der Waals surface area contributed by atoms with E-state index in [2.05, 4.69) is 23.6 Å². The zero-order chi connectivity index (χ0) is 17.3. The summed E-state index contributed by atoms with van der Waals surface area (Å²) in [5.41, 5.74) is 0.761. The summed E-state index contributed by atoms with van der Waals surface area (Å²) in [6.07, 6.45) is 0. The van der Waals surface area contributed by atoms with Gasteiger partial charge in [0, 0.05) is 38.3 Å². The number of β-amino-alcohol motifs (C(OH)–C–C–N with tert-alkyl or cyclic N) is 1. The lowest BCUT2D eigenvalue weighted by molar-refractivity contribution is -0.0410. The van der Waals surface area contributed by atoms with Crippen molar-refractivity contribution in [3.8, 4) is 0 Å². The number of aromatic carboxylic acids is 1. The lowest BCUT2D eigenvalue weighted by atomic mass is 9.95. The molecule has 1 saturated heterocycles. The molecular weight excluding hydrogens is 292 g/mol. The predicted molar refractivity (Wildman–Crippen MR) is 90.6 cm³/mol. The fourth-order valence-corrected chi connectivity index (χ4v) is 3.20. The van der Waals surface area contributed by atoms with E-state index in [1.807, 2.05) is 26.0 Å². The number of carbonyl (C=O) groups is 1. The van der Waals surface area contributed by atoms with Crippen molar-refractivity contribution < 1.29 is 15.0 Å². The third kappa shape index (κ3) is 5.03. The van der Waals surface area contributed by atoms with Crippen molar-refractivity contribution >= 4 is 5.97 Å². The van der Waals surface area contributed by atoms with E-state index in [9.17, 15) is 9.90 Å². The summed E-state index contributed by atoms with van der Waals surface area (Å²) in [7, 11) is 0. The van der Waals surface area contributed by atoms with Crippen LogP contribution in [-0.2, 0) is 6.54 Å². The number of nitrogens with zero attached hydrogens (tertiary/aromatic N) is 2. The molecule has 1 heterocycles. The van der Waals surface area contributed by atoms with Gasteiger partial charge in [-0.15, -0.1) is 0 Å². The molecule has 0 bridgehead atoms. The van der Waals surface area contributed by atoms with Crippen LogP contribution in [0.1, 0.15) is 43.6 Å². The van der Waals surface area contributed by atoms with E-state index in [0.717, 1.165) is 31.7 Å². The van der Waals surface area contributed by atoms with E-state index in [4.69, 9.17) is 5.11 Å². The van der Waals surface area contributed by atoms with Crippen LogP contribution in [0.2, 0.25) is 0 Å². The molecule has 2 N–H and O–H groups in total. The number of aliphatic hydroxyl groups is 1. The Balaban J connectivity index is 1.97. The molecule has 0 aromatic heterocycles. The molecule has 0 unspecified atom stereocenters. The molecule has 2 rings (SSSR count). The molecule has 0 radical (unpaired) electrons. The number of piperazine rings is 1. The van der Waals surface area contributed by atoms with Crippen LogP contribution in [-0.4, -0.2) is 63.3 Å². The molecule has 0 atom stereocenters. The highest BCUT2D eigenvalue weighted by Crippen LogP contribution is 2.24. The first-order chi connectivity index (χ1) is 10.6. The Labute approximate surface area is 138 Å². The van der Waals surface area contributed by atoms with Gasteiger partial charge in [0.25, 0.3) is 0 Å². The van der Waals surface area contributed by atoms with Gasteiger partial charge in [0.1, 0.15) is 0 Å². The summed E-state index contributed by atoms with van der Waals surface area (Å²) < 4.78 is 0. The standard InChI is InChI=1S/C18H28N2O3/c1-17(2)12-19(9-10-20(17)13-18(3,4)23)11-14-5-7-15(8-6-14)16(21)22/h5-8,23H,9-13H2,1-4H3,(H,21,22). The number of rotatable bonds is 5. The largest absolute Gasteiger partial charge is 0.478 e. The van der Waals surface area contributed by atoms with Crippen LogP contribution in [0.3, 0.4) is 0 Å². The molecule has 0 aliphatic carbocycles. The molecule has 0 amide bonds. The molecule has 5 heteroatoms. The highest BCUT2D eigenvalue weighted by Gasteiger charge is 2.35. The quantitative estimate of drug-likeness (QED) is 0.869. The first-order valence-corrected chi connectivity index (χ1v) is 8.09. The molecular formula is C18H28N2O3. The molecule has 0 saturated carbocycles. The van der Waals surface area contributed by atoms with Crippen molar-refractivity contribution in [2.24, 2.45) is 0 Å². The number of hydrogen-bond donors (Lipinski definition) is 2. The summed E-state index contributed by atoms with van der Waals surface area (Å²) in [4.78, 5) is 15.6. The molecule has 1 aromatic rings. The molecule has 5 nitrogen and oxygen atoms in total. The average Bonchev–Trinajstić information content (AvgIpc) is 2.41. The topological polar surface area (TPSA) is 64.0 Å². The van der Waals surface area contributed by atoms with Gasteiger partial charge in [-0.2, -0.15) is 0 Å². The first kappa shape index (κ1) is 17.9. The minimum atomic E-state index is -0.891. The van der Waals surface area contributed by atoms with Crippen LogP contribution in [0.25, 0.3) is 0 Å². The van der Waals surface area contributed by atoms with Gasteiger partial charge in [0.15, 0.2) is 0 Å². The Morgan fingerprint density at radius 2 is 1.83 bits per heavy atom. The molecule has 1 fully saturated rings. The summed E-state index contributed by atoms with van der Waals surface area (Å²) in [6.45, 7) is 12.4. The average molecular weight is 320 g/mol. The van der Waals surface area contributed by atoms with Crippen molar-refractivity contribution in [3.05, 3.63) is 35.4 Å². The van der Waals surface area contributed by atoms with E-state index in [1.54, 1.807) is 12.1 Å². The minimum Gasteiger partial charge on any atom is -0.478 e. The van der Waals surface area contributed by atoms with Crippen molar-refractivity contribution in [1.82, 2.24) is 9.80 Å². The molecule has 128 valence electrons. The van der Waals surface area contributed by atoms with E-state index in [0.29, 0.717) is 12.1 Å². The Bertz CT molecular complexity index is 546. The lowest BCUT2D eigenvalue weighted by Crippen LogP contribution is -2.61. The Morgan fingerprint density at radius 1 is 1.22 bits per heavy atom. The van der Waals surface area contributed by atoms with E-state index in [-0.39, 0.29) is 5.54 Å². The van der Waals surface area contributed by atoms with Crippen LogP contribution < -0.4 is 0 Å². The van der Waals surface area contributed by atoms with E-state index >= 15 is 0 Å². The first-order valence-electron chi connectivity index (χ1n) is 8.09. The molecule has 1 aromatic carbocycles. The molecule has 1 aliphatic heterocycles. The van der Waals surface area contributed by atoms with Gasteiger partial charge in [-0.3, -0.25) is 9.80 Å². The number of carboxylic acids is 1. The van der Waals surface area contributed by atoms with Gasteiger partial charge < -0.3 is 10.2 Å². The second-order valence-corrected chi connectivity index (χ2v) is 7.76. The zero-order valence-corrected chi connectivity index (χ0v) is 14.5. The Hall–Kier alpha value is -1.43. The fraction of sp³-hybridized carbons (Fsp3) is 0.611. The molecule has 1 aliphatic rings. The van der Waals surface area contributed by atoms with Gasteiger partial charge >= 0.3 is 5.97 Å². The number of hydrogen-bond acceptors (Lipinski definition) is 4. The normalized spacial score (nSPS) is 19.7. The van der Waals surface area contributed by atoms with Crippen LogP contribution in [0.15, 0.2) is 24.3 Å². The SMILES string of the molecule is CC(C)(O)CN1CCN(Cc2ccc(C(=O)O)cc2)CC1(C)C. The van der Waals surface area contributed by atoms with Crippen LogP contribution in [0, 0.1) is 0 Å². The van der Waals surface area contributed by atoms with Crippen LogP contribution >= 0.6 is 0 Å². The maximum atomic E-state index is 10.9. The number of carboxylic acid groups (broad SMARTS) is 1. The van der Waals surface area contributed by atoms with Crippen molar-refractivity contribution in [3.63, 3.8) is 0 Å².